The van der Waals surface area contributed by atoms with Gasteiger partial charge < -0.3 is 11.5 Å². The standard InChI is InChI=1S/C11H17N3O3/c1-11(2)6-7(11)10(17)14(9(6)16)4-3-5(12)8(13)15/h5-7H,3-4,12H2,1-2H3,(H2,13,15). The highest BCUT2D eigenvalue weighted by atomic mass is 16.2. The Labute approximate surface area is 99.3 Å². The van der Waals surface area contributed by atoms with E-state index in [0.29, 0.717) is 0 Å². The Morgan fingerprint density at radius 2 is 1.82 bits per heavy atom. The smallest absolute Gasteiger partial charge is 0.234 e. The number of likely N-dealkylation sites (tertiary alicyclic amines) is 1. The van der Waals surface area contributed by atoms with Gasteiger partial charge >= 0.3 is 0 Å². The van der Waals surface area contributed by atoms with Gasteiger partial charge in [0.25, 0.3) is 0 Å². The predicted octanol–water partition coefficient (Wildman–Crippen LogP) is -1.17. The van der Waals surface area contributed by atoms with Crippen molar-refractivity contribution in [2.45, 2.75) is 26.3 Å². The lowest BCUT2D eigenvalue weighted by Gasteiger charge is -2.21. The number of fused-ring (bicyclic) bond motifs is 1. The minimum absolute atomic E-state index is 0.137. The van der Waals surface area contributed by atoms with E-state index in [4.69, 9.17) is 11.5 Å². The molecule has 6 heteroatoms. The highest BCUT2D eigenvalue weighted by Crippen LogP contribution is 2.63. The van der Waals surface area contributed by atoms with Gasteiger partial charge in [0, 0.05) is 6.54 Å². The van der Waals surface area contributed by atoms with Gasteiger partial charge in [0.1, 0.15) is 0 Å². The molecule has 1 saturated heterocycles. The first kappa shape index (κ1) is 12.0. The van der Waals surface area contributed by atoms with Crippen LogP contribution < -0.4 is 11.5 Å². The summed E-state index contributed by atoms with van der Waals surface area (Å²) in [6.07, 6.45) is 0.229. The number of amides is 3. The molecule has 94 valence electrons. The quantitative estimate of drug-likeness (QED) is 0.603. The van der Waals surface area contributed by atoms with Gasteiger partial charge in [-0.25, -0.2) is 0 Å². The van der Waals surface area contributed by atoms with E-state index >= 15 is 0 Å². The van der Waals surface area contributed by atoms with Gasteiger partial charge in [-0.3, -0.25) is 19.3 Å². The summed E-state index contributed by atoms with van der Waals surface area (Å²) in [5.74, 6) is -1.25. The normalized spacial score (nSPS) is 31.4. The van der Waals surface area contributed by atoms with Crippen LogP contribution in [-0.4, -0.2) is 35.2 Å². The molecule has 17 heavy (non-hydrogen) atoms. The summed E-state index contributed by atoms with van der Waals surface area (Å²) in [6, 6.07) is -0.805. The molecule has 0 spiro atoms. The molecule has 3 amide bonds. The molecule has 2 rings (SSSR count). The lowest BCUT2D eigenvalue weighted by atomic mass is 10.1. The van der Waals surface area contributed by atoms with Crippen molar-refractivity contribution in [3.8, 4) is 0 Å². The summed E-state index contributed by atoms with van der Waals surface area (Å²) in [5.41, 5.74) is 10.3. The molecular formula is C11H17N3O3. The van der Waals surface area contributed by atoms with Crippen LogP contribution in [0.1, 0.15) is 20.3 Å². The van der Waals surface area contributed by atoms with Crippen molar-refractivity contribution in [2.24, 2.45) is 28.7 Å². The molecule has 2 fully saturated rings. The van der Waals surface area contributed by atoms with Crippen LogP contribution >= 0.6 is 0 Å². The zero-order valence-electron chi connectivity index (χ0n) is 9.97. The Kier molecular flexibility index (Phi) is 2.50. The minimum Gasteiger partial charge on any atom is -0.368 e. The predicted molar refractivity (Wildman–Crippen MR) is 59.3 cm³/mol. The van der Waals surface area contributed by atoms with Crippen LogP contribution in [0.25, 0.3) is 0 Å². The molecule has 6 nitrogen and oxygen atoms in total. The average Bonchev–Trinajstić information content (AvgIpc) is 2.68. The zero-order valence-corrected chi connectivity index (χ0v) is 9.97. The van der Waals surface area contributed by atoms with Crippen LogP contribution in [0, 0.1) is 17.3 Å². The molecule has 1 heterocycles. The van der Waals surface area contributed by atoms with Gasteiger partial charge in [-0.1, -0.05) is 13.8 Å². The van der Waals surface area contributed by atoms with Gasteiger partial charge in [0.15, 0.2) is 0 Å². The summed E-state index contributed by atoms with van der Waals surface area (Å²) in [6.45, 7) is 4.03. The second-order valence-electron chi connectivity index (χ2n) is 5.40. The first-order valence-corrected chi connectivity index (χ1v) is 5.68. The average molecular weight is 239 g/mol. The first-order valence-electron chi connectivity index (χ1n) is 5.68. The third kappa shape index (κ3) is 1.63. The number of imide groups is 1. The van der Waals surface area contributed by atoms with Gasteiger partial charge in [0.2, 0.25) is 17.7 Å². The topological polar surface area (TPSA) is 106 Å². The van der Waals surface area contributed by atoms with E-state index in [1.54, 1.807) is 0 Å². The molecule has 0 aromatic heterocycles. The van der Waals surface area contributed by atoms with Crippen molar-refractivity contribution in [1.29, 1.82) is 0 Å². The summed E-state index contributed by atoms with van der Waals surface area (Å²) in [4.78, 5) is 35.8. The van der Waals surface area contributed by atoms with Crippen molar-refractivity contribution in [3.63, 3.8) is 0 Å². The fourth-order valence-corrected chi connectivity index (χ4v) is 2.63. The Balaban J connectivity index is 1.96. The summed E-state index contributed by atoms with van der Waals surface area (Å²) in [7, 11) is 0. The van der Waals surface area contributed by atoms with E-state index in [1.807, 2.05) is 13.8 Å². The third-order valence-corrected chi connectivity index (χ3v) is 3.92. The molecule has 4 N–H and O–H groups in total. The first-order chi connectivity index (χ1) is 7.78. The maximum absolute atomic E-state index is 11.9. The summed E-state index contributed by atoms with van der Waals surface area (Å²) in [5, 5.41) is 0. The number of hydrogen-bond acceptors (Lipinski definition) is 4. The maximum atomic E-state index is 11.9. The molecule has 0 radical (unpaired) electrons. The molecule has 0 bridgehead atoms. The van der Waals surface area contributed by atoms with Crippen LogP contribution in [-0.2, 0) is 14.4 Å². The third-order valence-electron chi connectivity index (χ3n) is 3.92. The largest absolute Gasteiger partial charge is 0.368 e. The molecule has 2 aliphatic rings. The van der Waals surface area contributed by atoms with Crippen LogP contribution in [0.3, 0.4) is 0 Å². The fraction of sp³-hybridized carbons (Fsp3) is 0.727. The van der Waals surface area contributed by atoms with Crippen molar-refractivity contribution in [2.75, 3.05) is 6.54 Å². The highest BCUT2D eigenvalue weighted by Gasteiger charge is 2.72. The number of piperidine rings is 1. The van der Waals surface area contributed by atoms with E-state index in [9.17, 15) is 14.4 Å². The highest BCUT2D eigenvalue weighted by molar-refractivity contribution is 6.10. The number of hydrogen-bond donors (Lipinski definition) is 2. The molecule has 1 aliphatic carbocycles. The van der Waals surface area contributed by atoms with Crippen molar-refractivity contribution >= 4 is 17.7 Å². The molecule has 0 aromatic carbocycles. The lowest BCUT2D eigenvalue weighted by molar-refractivity contribution is -0.143. The molecule has 0 aromatic rings. The molecular weight excluding hydrogens is 222 g/mol. The Morgan fingerprint density at radius 3 is 2.24 bits per heavy atom. The minimum atomic E-state index is -0.805. The SMILES string of the molecule is CC1(C)C2C(=O)N(CCC(N)C(N)=O)C(=O)C21. The fourth-order valence-electron chi connectivity index (χ4n) is 2.63. The number of carbonyl (C=O) groups excluding carboxylic acids is 3. The molecule has 3 atom stereocenters. The van der Waals surface area contributed by atoms with Gasteiger partial charge in [-0.05, 0) is 11.8 Å². The second kappa shape index (κ2) is 3.53. The Hall–Kier alpha value is -1.43. The van der Waals surface area contributed by atoms with Crippen LogP contribution in [0.4, 0.5) is 0 Å². The number of nitrogens with zero attached hydrogens (tertiary/aromatic N) is 1. The number of carbonyl (C=O) groups is 3. The maximum Gasteiger partial charge on any atom is 0.234 e. The van der Waals surface area contributed by atoms with E-state index in [1.165, 1.54) is 4.90 Å². The van der Waals surface area contributed by atoms with E-state index in [0.717, 1.165) is 0 Å². The van der Waals surface area contributed by atoms with Crippen molar-refractivity contribution < 1.29 is 14.4 Å². The van der Waals surface area contributed by atoms with E-state index in [2.05, 4.69) is 0 Å². The van der Waals surface area contributed by atoms with Gasteiger partial charge in [-0.2, -0.15) is 0 Å². The number of nitrogens with two attached hydrogens (primary N) is 2. The van der Waals surface area contributed by atoms with Crippen LogP contribution in [0.15, 0.2) is 0 Å². The second-order valence-corrected chi connectivity index (χ2v) is 5.40. The molecule has 1 saturated carbocycles. The van der Waals surface area contributed by atoms with Gasteiger partial charge in [0.05, 0.1) is 17.9 Å². The molecule has 3 unspecified atom stereocenters. The van der Waals surface area contributed by atoms with Gasteiger partial charge in [-0.15, -0.1) is 0 Å². The number of primary amides is 1. The van der Waals surface area contributed by atoms with E-state index in [-0.39, 0.29) is 42.0 Å². The van der Waals surface area contributed by atoms with Crippen LogP contribution in [0.2, 0.25) is 0 Å². The summed E-state index contributed by atoms with van der Waals surface area (Å²) < 4.78 is 0. The monoisotopic (exact) mass is 239 g/mol. The summed E-state index contributed by atoms with van der Waals surface area (Å²) >= 11 is 0. The number of rotatable bonds is 4. The Morgan fingerprint density at radius 1 is 1.35 bits per heavy atom. The van der Waals surface area contributed by atoms with Crippen molar-refractivity contribution in [1.82, 2.24) is 4.90 Å². The zero-order chi connectivity index (χ0) is 13.0. The lowest BCUT2D eigenvalue weighted by Crippen LogP contribution is -2.43. The molecule has 1 aliphatic heterocycles. The van der Waals surface area contributed by atoms with E-state index < -0.39 is 11.9 Å². The Bertz CT molecular complexity index is 381. The van der Waals surface area contributed by atoms with Crippen molar-refractivity contribution in [3.05, 3.63) is 0 Å². The van der Waals surface area contributed by atoms with Crippen LogP contribution in [0.5, 0.6) is 0 Å².